The second-order valence-corrected chi connectivity index (χ2v) is 4.86. The third-order valence-corrected chi connectivity index (χ3v) is 3.66. The number of rotatable bonds is 5. The van der Waals surface area contributed by atoms with Crippen molar-refractivity contribution < 1.29 is 4.79 Å². The van der Waals surface area contributed by atoms with Crippen molar-refractivity contribution in [1.82, 2.24) is 4.90 Å². The Kier molecular flexibility index (Phi) is 6.15. The first-order valence-electron chi connectivity index (χ1n) is 6.16. The van der Waals surface area contributed by atoms with E-state index in [0.717, 1.165) is 50.4 Å². The van der Waals surface area contributed by atoms with Crippen molar-refractivity contribution in [2.75, 3.05) is 18.8 Å². The molecule has 1 heterocycles. The van der Waals surface area contributed by atoms with Crippen LogP contribution in [0.4, 0.5) is 0 Å². The first-order valence-corrected chi connectivity index (χ1v) is 6.79. The summed E-state index contributed by atoms with van der Waals surface area (Å²) in [6, 6.07) is 0. The molecule has 0 aromatic carbocycles. The fourth-order valence-corrected chi connectivity index (χ4v) is 2.38. The predicted octanol–water partition coefficient (Wildman–Crippen LogP) is 2.74. The third kappa shape index (κ3) is 4.45. The Hall–Kier alpha value is -0.180. The van der Waals surface area contributed by atoms with Gasteiger partial charge in [0.25, 0.3) is 0 Å². The van der Waals surface area contributed by atoms with Gasteiger partial charge in [-0.3, -0.25) is 4.79 Å². The quantitative estimate of drug-likeness (QED) is 0.568. The number of carbonyl (C=O) groups is 1. The molecule has 88 valence electrons. The minimum Gasteiger partial charge on any atom is -0.343 e. The lowest BCUT2D eigenvalue weighted by Gasteiger charge is -2.20. The first kappa shape index (κ1) is 12.9. The fourth-order valence-electron chi connectivity index (χ4n) is 2.15. The van der Waals surface area contributed by atoms with Crippen LogP contribution in [-0.4, -0.2) is 29.6 Å². The van der Waals surface area contributed by atoms with Gasteiger partial charge in [-0.2, -0.15) is 12.6 Å². The average Bonchev–Trinajstić information content (AvgIpc) is 2.42. The van der Waals surface area contributed by atoms with E-state index in [4.69, 9.17) is 0 Å². The van der Waals surface area contributed by atoms with Gasteiger partial charge in [0.2, 0.25) is 5.91 Å². The average molecular weight is 229 g/mol. The number of carbonyl (C=O) groups excluding carboxylic acids is 1. The van der Waals surface area contributed by atoms with Crippen molar-refractivity contribution in [1.29, 1.82) is 0 Å². The van der Waals surface area contributed by atoms with E-state index in [2.05, 4.69) is 24.5 Å². The lowest BCUT2D eigenvalue weighted by molar-refractivity contribution is -0.130. The van der Waals surface area contributed by atoms with E-state index < -0.39 is 0 Å². The monoisotopic (exact) mass is 229 g/mol. The molecule has 15 heavy (non-hydrogen) atoms. The summed E-state index contributed by atoms with van der Waals surface area (Å²) in [6.45, 7) is 4.14. The van der Waals surface area contributed by atoms with Crippen LogP contribution in [-0.2, 0) is 4.79 Å². The molecule has 1 aliphatic rings. The maximum atomic E-state index is 11.8. The second-order valence-electron chi connectivity index (χ2n) is 4.41. The number of amides is 1. The van der Waals surface area contributed by atoms with Crippen LogP contribution >= 0.6 is 12.6 Å². The van der Waals surface area contributed by atoms with Crippen LogP contribution in [0.3, 0.4) is 0 Å². The highest BCUT2D eigenvalue weighted by atomic mass is 32.1. The molecule has 0 N–H and O–H groups in total. The van der Waals surface area contributed by atoms with Crippen LogP contribution in [0.1, 0.15) is 45.4 Å². The second kappa shape index (κ2) is 7.15. The number of thiol groups is 1. The third-order valence-electron chi connectivity index (χ3n) is 3.34. The van der Waals surface area contributed by atoms with Crippen LogP contribution < -0.4 is 0 Å². The van der Waals surface area contributed by atoms with E-state index in [1.165, 1.54) is 12.8 Å². The lowest BCUT2D eigenvalue weighted by atomic mass is 9.98. The molecule has 0 bridgehead atoms. The van der Waals surface area contributed by atoms with Crippen LogP contribution in [0.2, 0.25) is 0 Å². The van der Waals surface area contributed by atoms with E-state index in [1.54, 1.807) is 0 Å². The Bertz CT molecular complexity index is 196. The van der Waals surface area contributed by atoms with Crippen molar-refractivity contribution in [3.8, 4) is 0 Å². The summed E-state index contributed by atoms with van der Waals surface area (Å²) < 4.78 is 0. The van der Waals surface area contributed by atoms with Gasteiger partial charge in [-0.05, 0) is 37.4 Å². The lowest BCUT2D eigenvalue weighted by Crippen LogP contribution is -2.31. The van der Waals surface area contributed by atoms with Gasteiger partial charge in [0.1, 0.15) is 0 Å². The van der Waals surface area contributed by atoms with Crippen molar-refractivity contribution in [3.05, 3.63) is 0 Å². The SMILES string of the molecule is CCC1CCC(=O)N(CCCCS)CC1. The summed E-state index contributed by atoms with van der Waals surface area (Å²) in [4.78, 5) is 13.8. The number of likely N-dealkylation sites (tertiary alicyclic amines) is 1. The van der Waals surface area contributed by atoms with E-state index in [1.807, 2.05) is 0 Å². The first-order chi connectivity index (χ1) is 7.27. The minimum absolute atomic E-state index is 0.366. The Labute approximate surface area is 98.8 Å². The normalized spacial score (nSPS) is 22.9. The number of hydrogen-bond donors (Lipinski definition) is 1. The van der Waals surface area contributed by atoms with Gasteiger partial charge in [-0.1, -0.05) is 13.3 Å². The van der Waals surface area contributed by atoms with E-state index in [-0.39, 0.29) is 0 Å². The standard InChI is InChI=1S/C12H23NOS/c1-2-11-5-6-12(14)13(9-7-11)8-3-4-10-15/h11,15H,2-10H2,1H3. The molecular weight excluding hydrogens is 206 g/mol. The fraction of sp³-hybridized carbons (Fsp3) is 0.917. The molecule has 2 nitrogen and oxygen atoms in total. The Morgan fingerprint density at radius 3 is 2.87 bits per heavy atom. The summed E-state index contributed by atoms with van der Waals surface area (Å²) in [6.07, 6.45) is 6.49. The maximum Gasteiger partial charge on any atom is 0.222 e. The van der Waals surface area contributed by atoms with Crippen molar-refractivity contribution in [2.24, 2.45) is 5.92 Å². The van der Waals surface area contributed by atoms with Gasteiger partial charge in [-0.25, -0.2) is 0 Å². The zero-order valence-electron chi connectivity index (χ0n) is 9.74. The highest BCUT2D eigenvalue weighted by Crippen LogP contribution is 2.21. The molecule has 1 aliphatic heterocycles. The van der Waals surface area contributed by atoms with Crippen molar-refractivity contribution in [3.63, 3.8) is 0 Å². The van der Waals surface area contributed by atoms with Gasteiger partial charge < -0.3 is 4.90 Å². The molecular formula is C12H23NOS. The zero-order chi connectivity index (χ0) is 11.1. The Balaban J connectivity index is 2.33. The van der Waals surface area contributed by atoms with E-state index in [0.29, 0.717) is 5.91 Å². The molecule has 0 saturated carbocycles. The molecule has 1 saturated heterocycles. The van der Waals surface area contributed by atoms with E-state index >= 15 is 0 Å². The van der Waals surface area contributed by atoms with Crippen molar-refractivity contribution in [2.45, 2.75) is 45.4 Å². The van der Waals surface area contributed by atoms with Gasteiger partial charge in [0, 0.05) is 19.5 Å². The largest absolute Gasteiger partial charge is 0.343 e. The van der Waals surface area contributed by atoms with Crippen LogP contribution in [0.15, 0.2) is 0 Å². The van der Waals surface area contributed by atoms with Gasteiger partial charge >= 0.3 is 0 Å². The molecule has 1 rings (SSSR count). The molecule has 0 spiro atoms. The maximum absolute atomic E-state index is 11.8. The molecule has 3 heteroatoms. The van der Waals surface area contributed by atoms with Gasteiger partial charge in [0.05, 0.1) is 0 Å². The number of hydrogen-bond acceptors (Lipinski definition) is 2. The Morgan fingerprint density at radius 2 is 2.20 bits per heavy atom. The zero-order valence-corrected chi connectivity index (χ0v) is 10.6. The van der Waals surface area contributed by atoms with Crippen LogP contribution in [0.5, 0.6) is 0 Å². The highest BCUT2D eigenvalue weighted by molar-refractivity contribution is 7.80. The molecule has 0 radical (unpaired) electrons. The van der Waals surface area contributed by atoms with Gasteiger partial charge in [0.15, 0.2) is 0 Å². The van der Waals surface area contributed by atoms with Crippen LogP contribution in [0.25, 0.3) is 0 Å². The summed E-state index contributed by atoms with van der Waals surface area (Å²) in [5.74, 6) is 2.06. The smallest absolute Gasteiger partial charge is 0.222 e. The Morgan fingerprint density at radius 1 is 1.40 bits per heavy atom. The predicted molar refractivity (Wildman–Crippen MR) is 67.3 cm³/mol. The minimum atomic E-state index is 0.366. The molecule has 0 aliphatic carbocycles. The molecule has 1 atom stereocenters. The molecule has 0 aromatic heterocycles. The molecule has 1 fully saturated rings. The summed E-state index contributed by atoms with van der Waals surface area (Å²) >= 11 is 4.19. The topological polar surface area (TPSA) is 20.3 Å². The van der Waals surface area contributed by atoms with E-state index in [9.17, 15) is 4.79 Å². The number of unbranched alkanes of at least 4 members (excludes halogenated alkanes) is 1. The van der Waals surface area contributed by atoms with Crippen LogP contribution in [0, 0.1) is 5.92 Å². The molecule has 0 aromatic rings. The molecule has 1 unspecified atom stereocenters. The van der Waals surface area contributed by atoms with Gasteiger partial charge in [-0.15, -0.1) is 0 Å². The van der Waals surface area contributed by atoms with Crippen molar-refractivity contribution >= 4 is 18.5 Å². The summed E-state index contributed by atoms with van der Waals surface area (Å²) in [5, 5.41) is 0. The highest BCUT2D eigenvalue weighted by Gasteiger charge is 2.20. The molecule has 1 amide bonds. The summed E-state index contributed by atoms with van der Waals surface area (Å²) in [7, 11) is 0. The summed E-state index contributed by atoms with van der Waals surface area (Å²) in [5.41, 5.74) is 0. The number of nitrogens with zero attached hydrogens (tertiary/aromatic N) is 1.